The Bertz CT molecular complexity index is 878. The number of rotatable bonds is 2. The summed E-state index contributed by atoms with van der Waals surface area (Å²) in [6, 6.07) is 1.98. The molecule has 3 rings (SSSR count). The Morgan fingerprint density at radius 3 is 2.63 bits per heavy atom. The van der Waals surface area contributed by atoms with Crippen LogP contribution in [0.15, 0.2) is 24.5 Å². The van der Waals surface area contributed by atoms with Crippen LogP contribution in [0.4, 0.5) is 14.5 Å². The molecular weight excluding hydrogens is 395 g/mol. The van der Waals surface area contributed by atoms with Crippen molar-refractivity contribution in [2.24, 2.45) is 11.7 Å². The van der Waals surface area contributed by atoms with Gasteiger partial charge in [0.2, 0.25) is 5.91 Å². The van der Waals surface area contributed by atoms with Gasteiger partial charge in [0.15, 0.2) is 0 Å². The fourth-order valence-electron chi connectivity index (χ4n) is 3.64. The van der Waals surface area contributed by atoms with Gasteiger partial charge in [-0.1, -0.05) is 30.1 Å². The lowest BCUT2D eigenvalue weighted by Gasteiger charge is -2.28. The third-order valence-electron chi connectivity index (χ3n) is 4.86. The van der Waals surface area contributed by atoms with Gasteiger partial charge in [0.25, 0.3) is 0 Å². The average Bonchev–Trinajstić information content (AvgIpc) is 2.57. The summed E-state index contributed by atoms with van der Waals surface area (Å²) in [4.78, 5) is 16.7. The molecule has 3 N–H and O–H groups in total. The highest BCUT2D eigenvalue weighted by atomic mass is 35.5. The van der Waals surface area contributed by atoms with E-state index in [9.17, 15) is 13.6 Å². The number of carbonyl (C=O) groups is 1. The molecule has 1 heterocycles. The molecule has 1 aromatic heterocycles. The van der Waals surface area contributed by atoms with E-state index < -0.39 is 17.6 Å². The molecule has 2 aromatic rings. The number of pyridine rings is 1. The van der Waals surface area contributed by atoms with Crippen LogP contribution in [-0.2, 0) is 11.2 Å². The highest BCUT2D eigenvalue weighted by molar-refractivity contribution is 6.42. The summed E-state index contributed by atoms with van der Waals surface area (Å²) in [5.41, 5.74) is 7.43. The quantitative estimate of drug-likeness (QED) is 0.701. The SMILES string of the molecule is C[C@@H]1CC(C(=O)Nc2cc(Cl)c(Cl)cc2F)C[C@H](N)Cc2cncc(F)c21. The highest BCUT2D eigenvalue weighted by Crippen LogP contribution is 2.34. The Kier molecular flexibility index (Phi) is 5.99. The van der Waals surface area contributed by atoms with Crippen molar-refractivity contribution < 1.29 is 13.6 Å². The molecule has 0 radical (unpaired) electrons. The van der Waals surface area contributed by atoms with E-state index in [0.29, 0.717) is 24.8 Å². The maximum absolute atomic E-state index is 14.3. The second-order valence-corrected chi connectivity index (χ2v) is 7.78. The molecule has 0 saturated carbocycles. The van der Waals surface area contributed by atoms with Crippen LogP contribution in [0, 0.1) is 17.6 Å². The van der Waals surface area contributed by atoms with Gasteiger partial charge >= 0.3 is 0 Å². The van der Waals surface area contributed by atoms with Crippen LogP contribution in [0.5, 0.6) is 0 Å². The summed E-state index contributed by atoms with van der Waals surface area (Å²) >= 11 is 11.7. The van der Waals surface area contributed by atoms with Gasteiger partial charge in [-0.25, -0.2) is 8.78 Å². The van der Waals surface area contributed by atoms with Gasteiger partial charge in [0.1, 0.15) is 11.6 Å². The number of hydrogen-bond donors (Lipinski definition) is 2. The molecule has 1 aliphatic carbocycles. The second-order valence-electron chi connectivity index (χ2n) is 6.96. The lowest BCUT2D eigenvalue weighted by molar-refractivity contribution is -0.120. The number of nitrogens with two attached hydrogens (primary N) is 1. The first-order valence-electron chi connectivity index (χ1n) is 8.59. The van der Waals surface area contributed by atoms with Crippen molar-refractivity contribution in [3.63, 3.8) is 0 Å². The monoisotopic (exact) mass is 413 g/mol. The van der Waals surface area contributed by atoms with Crippen LogP contribution >= 0.6 is 23.2 Å². The van der Waals surface area contributed by atoms with Crippen LogP contribution in [0.2, 0.25) is 10.0 Å². The van der Waals surface area contributed by atoms with Crippen LogP contribution in [0.25, 0.3) is 0 Å². The third kappa shape index (κ3) is 4.39. The van der Waals surface area contributed by atoms with Crippen molar-refractivity contribution in [2.45, 2.75) is 38.1 Å². The second kappa shape index (κ2) is 8.09. The van der Waals surface area contributed by atoms with Crippen molar-refractivity contribution >= 4 is 34.8 Å². The molecule has 1 amide bonds. The maximum Gasteiger partial charge on any atom is 0.227 e. The number of carbonyl (C=O) groups excluding carboxylic acids is 1. The third-order valence-corrected chi connectivity index (χ3v) is 5.58. The largest absolute Gasteiger partial charge is 0.327 e. The summed E-state index contributed by atoms with van der Waals surface area (Å²) in [6.07, 6.45) is 4.00. The normalized spacial score (nSPS) is 22.5. The Morgan fingerprint density at radius 1 is 1.19 bits per heavy atom. The minimum absolute atomic E-state index is 0.0477. The Balaban J connectivity index is 1.84. The van der Waals surface area contributed by atoms with E-state index in [1.165, 1.54) is 12.3 Å². The number of nitrogens with zero attached hydrogens (tertiary/aromatic N) is 1. The van der Waals surface area contributed by atoms with Crippen LogP contribution in [0.3, 0.4) is 0 Å². The first-order valence-corrected chi connectivity index (χ1v) is 9.35. The Morgan fingerprint density at radius 2 is 1.89 bits per heavy atom. The summed E-state index contributed by atoms with van der Waals surface area (Å²) in [5, 5.41) is 2.76. The highest BCUT2D eigenvalue weighted by Gasteiger charge is 2.30. The van der Waals surface area contributed by atoms with Crippen molar-refractivity contribution in [2.75, 3.05) is 5.32 Å². The predicted octanol–water partition coefficient (Wildman–Crippen LogP) is 4.69. The molecular formula is C19H19Cl2F2N3O. The first-order chi connectivity index (χ1) is 12.8. The van der Waals surface area contributed by atoms with Crippen LogP contribution < -0.4 is 11.1 Å². The molecule has 0 aliphatic heterocycles. The van der Waals surface area contributed by atoms with Crippen molar-refractivity contribution in [1.82, 2.24) is 4.98 Å². The fraction of sp³-hybridized carbons (Fsp3) is 0.368. The molecule has 0 spiro atoms. The lowest BCUT2D eigenvalue weighted by atomic mass is 9.79. The number of aromatic nitrogens is 1. The minimum atomic E-state index is -0.677. The maximum atomic E-state index is 14.3. The molecule has 1 aromatic carbocycles. The average molecular weight is 414 g/mol. The number of amides is 1. The zero-order valence-electron chi connectivity index (χ0n) is 14.6. The van der Waals surface area contributed by atoms with Crippen LogP contribution in [0.1, 0.15) is 36.8 Å². The standard InChI is InChI=1S/C19H19Cl2F2N3O/c1-9-2-10(3-12(24)4-11-7-25-8-16(23)18(9)11)19(27)26-17-6-14(21)13(20)5-15(17)22/h5-10,12H,2-4,24H2,1H3,(H,26,27)/t9-,10?,12+/m1/s1. The topological polar surface area (TPSA) is 68.0 Å². The van der Waals surface area contributed by atoms with E-state index in [0.717, 1.165) is 11.6 Å². The molecule has 27 heavy (non-hydrogen) atoms. The molecule has 1 aliphatic rings. The number of hydrogen-bond acceptors (Lipinski definition) is 3. The summed E-state index contributed by atoms with van der Waals surface area (Å²) in [5.74, 6) is -2.16. The van der Waals surface area contributed by atoms with Crippen molar-refractivity contribution in [3.8, 4) is 0 Å². The first kappa shape index (κ1) is 20.0. The van der Waals surface area contributed by atoms with E-state index in [2.05, 4.69) is 10.3 Å². The number of fused-ring (bicyclic) bond motifs is 1. The molecule has 0 saturated heterocycles. The van der Waals surface area contributed by atoms with E-state index in [1.807, 2.05) is 6.92 Å². The summed E-state index contributed by atoms with van der Waals surface area (Å²) < 4.78 is 28.4. The number of benzene rings is 1. The van der Waals surface area contributed by atoms with E-state index in [-0.39, 0.29) is 33.6 Å². The van der Waals surface area contributed by atoms with Gasteiger partial charge in [-0.3, -0.25) is 9.78 Å². The van der Waals surface area contributed by atoms with Gasteiger partial charge in [-0.05, 0) is 48.4 Å². The van der Waals surface area contributed by atoms with Gasteiger partial charge in [0.05, 0.1) is 21.9 Å². The number of halogens is 4. The van der Waals surface area contributed by atoms with Gasteiger partial charge in [0, 0.05) is 18.2 Å². The molecule has 8 heteroatoms. The molecule has 3 atom stereocenters. The van der Waals surface area contributed by atoms with E-state index in [1.54, 1.807) is 6.20 Å². The van der Waals surface area contributed by atoms with Gasteiger partial charge in [-0.15, -0.1) is 0 Å². The minimum Gasteiger partial charge on any atom is -0.327 e. The number of nitrogens with one attached hydrogen (secondary N) is 1. The molecule has 144 valence electrons. The van der Waals surface area contributed by atoms with Crippen molar-refractivity contribution in [3.05, 3.63) is 57.3 Å². The lowest BCUT2D eigenvalue weighted by Crippen LogP contribution is -2.35. The van der Waals surface area contributed by atoms with Crippen LogP contribution in [-0.4, -0.2) is 16.9 Å². The van der Waals surface area contributed by atoms with E-state index in [4.69, 9.17) is 28.9 Å². The zero-order valence-corrected chi connectivity index (χ0v) is 16.1. The summed E-state index contributed by atoms with van der Waals surface area (Å²) in [7, 11) is 0. The van der Waals surface area contributed by atoms with Gasteiger partial charge < -0.3 is 11.1 Å². The molecule has 0 bridgehead atoms. The predicted molar refractivity (Wildman–Crippen MR) is 102 cm³/mol. The van der Waals surface area contributed by atoms with E-state index >= 15 is 0 Å². The van der Waals surface area contributed by atoms with Gasteiger partial charge in [-0.2, -0.15) is 0 Å². The van der Waals surface area contributed by atoms with Crippen molar-refractivity contribution in [1.29, 1.82) is 0 Å². The Labute approximate surface area is 166 Å². The molecule has 4 nitrogen and oxygen atoms in total. The fourth-order valence-corrected chi connectivity index (χ4v) is 3.95. The zero-order chi connectivity index (χ0) is 19.7. The molecule has 1 unspecified atom stereocenters. The smallest absolute Gasteiger partial charge is 0.227 e. The summed E-state index contributed by atoms with van der Waals surface area (Å²) in [6.45, 7) is 1.86. The number of anilines is 1. The molecule has 0 fully saturated rings. The Hall–Kier alpha value is -1.76.